The van der Waals surface area contributed by atoms with Crippen LogP contribution in [0.4, 0.5) is 13.2 Å². The van der Waals surface area contributed by atoms with Gasteiger partial charge in [-0.15, -0.1) is 0 Å². The summed E-state index contributed by atoms with van der Waals surface area (Å²) in [5, 5.41) is 2.40. The molecule has 0 bridgehead atoms. The Labute approximate surface area is 112 Å². The van der Waals surface area contributed by atoms with Gasteiger partial charge < -0.3 is 19.8 Å². The van der Waals surface area contributed by atoms with Crippen LogP contribution in [0.5, 0.6) is 0 Å². The van der Waals surface area contributed by atoms with E-state index in [2.05, 4.69) is 10.3 Å². The Hall–Kier alpha value is -1.61. The van der Waals surface area contributed by atoms with E-state index in [1.807, 2.05) is 4.98 Å². The lowest BCUT2D eigenvalue weighted by Crippen LogP contribution is -2.45. The summed E-state index contributed by atoms with van der Waals surface area (Å²) in [7, 11) is 1.47. The summed E-state index contributed by atoms with van der Waals surface area (Å²) in [6, 6.07) is 0. The fourth-order valence-electron chi connectivity index (χ4n) is 1.97. The van der Waals surface area contributed by atoms with Gasteiger partial charge in [-0.3, -0.25) is 4.79 Å². The van der Waals surface area contributed by atoms with Crippen molar-refractivity contribution < 1.29 is 27.4 Å². The summed E-state index contributed by atoms with van der Waals surface area (Å²) in [4.78, 5) is 17.1. The molecule has 2 rings (SSSR count). The number of aromatic amines is 1. The number of aromatic nitrogens is 2. The zero-order valence-electron chi connectivity index (χ0n) is 10.7. The number of rotatable bonds is 4. The van der Waals surface area contributed by atoms with E-state index < -0.39 is 29.1 Å². The maximum Gasteiger partial charge on any atom is 0.433 e. The molecule has 1 aliphatic heterocycles. The number of nitrogens with one attached hydrogen (secondary N) is 2. The summed E-state index contributed by atoms with van der Waals surface area (Å²) < 4.78 is 48.3. The molecule has 2 heterocycles. The first-order valence-electron chi connectivity index (χ1n) is 5.90. The molecule has 0 aromatic carbocycles. The molecule has 0 radical (unpaired) electrons. The Balaban J connectivity index is 2.04. The zero-order chi connectivity index (χ0) is 14.8. The first kappa shape index (κ1) is 14.8. The number of carbonyl (C=O) groups excluding carboxylic acids is 1. The first-order chi connectivity index (χ1) is 9.38. The minimum absolute atomic E-state index is 0.0620. The Morgan fingerprint density at radius 1 is 1.65 bits per heavy atom. The molecule has 20 heavy (non-hydrogen) atoms. The van der Waals surface area contributed by atoms with Crippen molar-refractivity contribution in [3.8, 4) is 0 Å². The third-order valence-corrected chi connectivity index (χ3v) is 3.21. The summed E-state index contributed by atoms with van der Waals surface area (Å²) >= 11 is 0. The molecule has 9 heteroatoms. The van der Waals surface area contributed by atoms with Gasteiger partial charge >= 0.3 is 6.18 Å². The van der Waals surface area contributed by atoms with E-state index in [0.717, 1.165) is 6.33 Å². The number of hydrogen-bond donors (Lipinski definition) is 2. The maximum absolute atomic E-state index is 12.6. The van der Waals surface area contributed by atoms with Crippen molar-refractivity contribution in [3.63, 3.8) is 0 Å². The van der Waals surface area contributed by atoms with Crippen molar-refractivity contribution in [1.82, 2.24) is 15.3 Å². The highest BCUT2D eigenvalue weighted by atomic mass is 19.4. The molecule has 2 N–H and O–H groups in total. The first-order valence-corrected chi connectivity index (χ1v) is 5.90. The van der Waals surface area contributed by atoms with Gasteiger partial charge in [-0.1, -0.05) is 0 Å². The quantitative estimate of drug-likeness (QED) is 0.867. The van der Waals surface area contributed by atoms with Crippen LogP contribution in [0.2, 0.25) is 0 Å². The lowest BCUT2D eigenvalue weighted by molar-refractivity contribution is -0.141. The average molecular weight is 293 g/mol. The molecule has 112 valence electrons. The third-order valence-electron chi connectivity index (χ3n) is 3.21. The normalized spacial score (nSPS) is 23.0. The number of imidazole rings is 1. The van der Waals surface area contributed by atoms with E-state index in [1.54, 1.807) is 0 Å². The Bertz CT molecular complexity index is 481. The number of amides is 1. The van der Waals surface area contributed by atoms with Crippen molar-refractivity contribution in [2.45, 2.75) is 18.2 Å². The second-order valence-electron chi connectivity index (χ2n) is 4.50. The summed E-state index contributed by atoms with van der Waals surface area (Å²) in [5.74, 6) is -0.901. The highest BCUT2D eigenvalue weighted by Crippen LogP contribution is 2.29. The van der Waals surface area contributed by atoms with E-state index in [-0.39, 0.29) is 13.2 Å². The van der Waals surface area contributed by atoms with Crippen LogP contribution in [0.1, 0.15) is 22.6 Å². The molecule has 1 aliphatic rings. The molecule has 1 aromatic rings. The molecule has 1 unspecified atom stereocenters. The van der Waals surface area contributed by atoms with Gasteiger partial charge in [0.2, 0.25) is 0 Å². The predicted molar refractivity (Wildman–Crippen MR) is 61.1 cm³/mol. The number of H-pyrrole nitrogens is 1. The highest BCUT2D eigenvalue weighted by molar-refractivity contribution is 5.93. The molecular formula is C11H14F3N3O3. The van der Waals surface area contributed by atoms with Gasteiger partial charge in [0.1, 0.15) is 5.60 Å². The highest BCUT2D eigenvalue weighted by Gasteiger charge is 2.39. The van der Waals surface area contributed by atoms with Crippen LogP contribution < -0.4 is 5.32 Å². The molecule has 6 nitrogen and oxygen atoms in total. The molecule has 1 fully saturated rings. The van der Waals surface area contributed by atoms with E-state index in [9.17, 15) is 18.0 Å². The van der Waals surface area contributed by atoms with E-state index in [1.165, 1.54) is 7.11 Å². The molecule has 1 amide bonds. The van der Waals surface area contributed by atoms with Crippen LogP contribution in [0, 0.1) is 0 Å². The topological polar surface area (TPSA) is 76.2 Å². The van der Waals surface area contributed by atoms with Crippen LogP contribution in [0.3, 0.4) is 0 Å². The van der Waals surface area contributed by atoms with Gasteiger partial charge in [-0.25, -0.2) is 4.98 Å². The van der Waals surface area contributed by atoms with Gasteiger partial charge in [-0.2, -0.15) is 13.2 Å². The van der Waals surface area contributed by atoms with E-state index >= 15 is 0 Å². The van der Waals surface area contributed by atoms with E-state index in [0.29, 0.717) is 13.0 Å². The minimum Gasteiger partial charge on any atom is -0.378 e. The average Bonchev–Trinajstić information content (AvgIpc) is 3.05. The smallest absolute Gasteiger partial charge is 0.378 e. The number of carbonyl (C=O) groups is 1. The van der Waals surface area contributed by atoms with Crippen LogP contribution in [-0.4, -0.2) is 48.3 Å². The van der Waals surface area contributed by atoms with Gasteiger partial charge in [0.05, 0.1) is 12.9 Å². The van der Waals surface area contributed by atoms with Gasteiger partial charge in [0, 0.05) is 26.7 Å². The predicted octanol–water partition coefficient (Wildman–Crippen LogP) is 0.964. The van der Waals surface area contributed by atoms with Gasteiger partial charge in [-0.05, 0) is 0 Å². The number of nitrogens with zero attached hydrogens (tertiary/aromatic N) is 1. The molecule has 1 atom stereocenters. The minimum atomic E-state index is -4.65. The van der Waals surface area contributed by atoms with Crippen molar-refractivity contribution in [2.24, 2.45) is 0 Å². The molecule has 1 aromatic heterocycles. The van der Waals surface area contributed by atoms with Crippen LogP contribution in [-0.2, 0) is 15.7 Å². The fraction of sp³-hybridized carbons (Fsp3) is 0.636. The van der Waals surface area contributed by atoms with Gasteiger partial charge in [0.25, 0.3) is 5.91 Å². The number of methoxy groups -OCH3 is 1. The monoisotopic (exact) mass is 293 g/mol. The largest absolute Gasteiger partial charge is 0.433 e. The molecule has 0 aliphatic carbocycles. The van der Waals surface area contributed by atoms with Crippen LogP contribution in [0.15, 0.2) is 6.33 Å². The Kier molecular flexibility index (Phi) is 4.00. The van der Waals surface area contributed by atoms with Crippen molar-refractivity contribution in [3.05, 3.63) is 17.7 Å². The van der Waals surface area contributed by atoms with Crippen LogP contribution in [0.25, 0.3) is 0 Å². The summed E-state index contributed by atoms with van der Waals surface area (Å²) in [6.07, 6.45) is -3.25. The number of hydrogen-bond acceptors (Lipinski definition) is 4. The second kappa shape index (κ2) is 5.41. The molecular weight excluding hydrogens is 279 g/mol. The Morgan fingerprint density at radius 3 is 2.95 bits per heavy atom. The third kappa shape index (κ3) is 2.93. The van der Waals surface area contributed by atoms with Crippen molar-refractivity contribution >= 4 is 5.91 Å². The maximum atomic E-state index is 12.6. The lowest BCUT2D eigenvalue weighted by Gasteiger charge is -2.25. The number of alkyl halides is 3. The van der Waals surface area contributed by atoms with Gasteiger partial charge in [0.15, 0.2) is 11.4 Å². The summed E-state index contributed by atoms with van der Waals surface area (Å²) in [5.41, 5.74) is -2.53. The lowest BCUT2D eigenvalue weighted by atomic mass is 10.0. The van der Waals surface area contributed by atoms with Crippen molar-refractivity contribution in [1.29, 1.82) is 0 Å². The Morgan fingerprint density at radius 2 is 2.40 bits per heavy atom. The van der Waals surface area contributed by atoms with E-state index in [4.69, 9.17) is 9.47 Å². The molecule has 1 saturated heterocycles. The standard InChI is InChI=1S/C11H14F3N3O3/c1-19-10(2-3-20-5-10)4-15-9(18)7-8(11(12,13)14)17-6-16-7/h6H,2-5H2,1H3,(H,15,18)(H,16,17). The number of halogens is 3. The molecule has 0 spiro atoms. The summed E-state index contributed by atoms with van der Waals surface area (Å²) in [6.45, 7) is 0.836. The fourth-order valence-corrected chi connectivity index (χ4v) is 1.97. The zero-order valence-corrected chi connectivity index (χ0v) is 10.7. The number of ether oxygens (including phenoxy) is 2. The molecule has 0 saturated carbocycles. The van der Waals surface area contributed by atoms with Crippen LogP contribution >= 0.6 is 0 Å². The SMILES string of the molecule is COC1(CNC(=O)c2nc[nH]c2C(F)(F)F)CCOC1. The van der Waals surface area contributed by atoms with Crippen molar-refractivity contribution in [2.75, 3.05) is 26.9 Å². The second-order valence-corrected chi connectivity index (χ2v) is 4.50.